The summed E-state index contributed by atoms with van der Waals surface area (Å²) in [6.07, 6.45) is 1.75. The molecule has 0 fully saturated rings. The van der Waals surface area contributed by atoms with E-state index in [1.807, 2.05) is 18.2 Å². The summed E-state index contributed by atoms with van der Waals surface area (Å²) in [5.74, 6) is -0.381. The van der Waals surface area contributed by atoms with Crippen molar-refractivity contribution in [2.24, 2.45) is 0 Å². The summed E-state index contributed by atoms with van der Waals surface area (Å²) in [6.45, 7) is 0. The van der Waals surface area contributed by atoms with E-state index in [4.69, 9.17) is 11.6 Å². The van der Waals surface area contributed by atoms with Crippen molar-refractivity contribution in [3.05, 3.63) is 47.2 Å². The van der Waals surface area contributed by atoms with Gasteiger partial charge in [0.1, 0.15) is 5.69 Å². The molecule has 1 aromatic heterocycles. The van der Waals surface area contributed by atoms with Crippen LogP contribution in [-0.2, 0) is 4.74 Å². The van der Waals surface area contributed by atoms with Crippen molar-refractivity contribution < 1.29 is 9.53 Å². The third-order valence-corrected chi connectivity index (χ3v) is 2.48. The Labute approximate surface area is 98.0 Å². The van der Waals surface area contributed by atoms with Gasteiger partial charge in [0.25, 0.3) is 0 Å². The summed E-state index contributed by atoms with van der Waals surface area (Å²) in [5.41, 5.74) is 2.29. The molecule has 2 rings (SSSR count). The fourth-order valence-corrected chi connectivity index (χ4v) is 1.65. The third kappa shape index (κ3) is 2.09. The number of hydrogen-bond donors (Lipinski definition) is 1. The first-order valence-electron chi connectivity index (χ1n) is 4.73. The van der Waals surface area contributed by atoms with E-state index in [2.05, 4.69) is 9.72 Å². The predicted molar refractivity (Wildman–Crippen MR) is 62.6 cm³/mol. The SMILES string of the molecule is COC(=O)c1cc(-c2cccc(Cl)c2)c[nH]1. The van der Waals surface area contributed by atoms with E-state index in [1.54, 1.807) is 18.3 Å². The summed E-state index contributed by atoms with van der Waals surface area (Å²) >= 11 is 5.89. The number of esters is 1. The van der Waals surface area contributed by atoms with Crippen LogP contribution < -0.4 is 0 Å². The van der Waals surface area contributed by atoms with Gasteiger partial charge in [-0.15, -0.1) is 0 Å². The summed E-state index contributed by atoms with van der Waals surface area (Å²) in [6, 6.07) is 9.17. The molecule has 2 aromatic rings. The van der Waals surface area contributed by atoms with Crippen LogP contribution in [0.4, 0.5) is 0 Å². The minimum absolute atomic E-state index is 0.381. The van der Waals surface area contributed by atoms with E-state index in [9.17, 15) is 4.79 Å². The Balaban J connectivity index is 2.35. The molecular formula is C12H10ClNO2. The topological polar surface area (TPSA) is 42.1 Å². The highest BCUT2D eigenvalue weighted by Gasteiger charge is 2.09. The van der Waals surface area contributed by atoms with Crippen LogP contribution >= 0.6 is 11.6 Å². The number of ether oxygens (including phenoxy) is 1. The molecule has 0 bridgehead atoms. The zero-order valence-corrected chi connectivity index (χ0v) is 9.41. The van der Waals surface area contributed by atoms with Crippen molar-refractivity contribution in [1.82, 2.24) is 4.98 Å². The molecule has 0 spiro atoms. The van der Waals surface area contributed by atoms with Gasteiger partial charge in [-0.25, -0.2) is 4.79 Å². The minimum Gasteiger partial charge on any atom is -0.464 e. The Morgan fingerprint density at radius 3 is 2.81 bits per heavy atom. The lowest BCUT2D eigenvalue weighted by atomic mass is 10.1. The second-order valence-electron chi connectivity index (χ2n) is 3.30. The first-order valence-corrected chi connectivity index (χ1v) is 5.11. The van der Waals surface area contributed by atoms with Crippen LogP contribution in [0.3, 0.4) is 0 Å². The maximum atomic E-state index is 11.2. The van der Waals surface area contributed by atoms with Gasteiger partial charge in [-0.3, -0.25) is 0 Å². The zero-order valence-electron chi connectivity index (χ0n) is 8.66. The second-order valence-corrected chi connectivity index (χ2v) is 3.74. The summed E-state index contributed by atoms with van der Waals surface area (Å²) in [7, 11) is 1.35. The molecule has 0 aliphatic heterocycles. The highest BCUT2D eigenvalue weighted by atomic mass is 35.5. The molecule has 82 valence electrons. The molecule has 0 aliphatic carbocycles. The number of H-pyrrole nitrogens is 1. The number of aromatic nitrogens is 1. The van der Waals surface area contributed by atoms with Crippen molar-refractivity contribution in [2.45, 2.75) is 0 Å². The molecule has 1 aromatic carbocycles. The van der Waals surface area contributed by atoms with E-state index in [1.165, 1.54) is 7.11 Å². The molecular weight excluding hydrogens is 226 g/mol. The summed E-state index contributed by atoms with van der Waals surface area (Å²) in [5, 5.41) is 0.665. The van der Waals surface area contributed by atoms with E-state index in [-0.39, 0.29) is 5.97 Å². The van der Waals surface area contributed by atoms with Gasteiger partial charge in [0.15, 0.2) is 0 Å². The van der Waals surface area contributed by atoms with Gasteiger partial charge in [0.2, 0.25) is 0 Å². The Kier molecular flexibility index (Phi) is 2.97. The smallest absolute Gasteiger partial charge is 0.354 e. The molecule has 0 saturated carbocycles. The summed E-state index contributed by atoms with van der Waals surface area (Å²) < 4.78 is 4.61. The average Bonchev–Trinajstić information content (AvgIpc) is 2.77. The quantitative estimate of drug-likeness (QED) is 0.813. The van der Waals surface area contributed by atoms with E-state index < -0.39 is 0 Å². The molecule has 0 aliphatic rings. The summed E-state index contributed by atoms with van der Waals surface area (Å²) in [4.78, 5) is 14.1. The van der Waals surface area contributed by atoms with Crippen LogP contribution in [0.15, 0.2) is 36.5 Å². The second kappa shape index (κ2) is 4.41. The number of rotatable bonds is 2. The van der Waals surface area contributed by atoms with Gasteiger partial charge in [-0.05, 0) is 23.8 Å². The fraction of sp³-hybridized carbons (Fsp3) is 0.0833. The van der Waals surface area contributed by atoms with Crippen molar-refractivity contribution >= 4 is 17.6 Å². The molecule has 0 amide bonds. The molecule has 0 saturated heterocycles. The molecule has 1 N–H and O–H groups in total. The van der Waals surface area contributed by atoms with Crippen LogP contribution in [-0.4, -0.2) is 18.1 Å². The van der Waals surface area contributed by atoms with Crippen LogP contribution in [0, 0.1) is 0 Å². The van der Waals surface area contributed by atoms with Crippen molar-refractivity contribution in [3.63, 3.8) is 0 Å². The van der Waals surface area contributed by atoms with Gasteiger partial charge >= 0.3 is 5.97 Å². The van der Waals surface area contributed by atoms with Crippen LogP contribution in [0.1, 0.15) is 10.5 Å². The van der Waals surface area contributed by atoms with E-state index in [0.717, 1.165) is 11.1 Å². The Bertz CT molecular complexity index is 519. The van der Waals surface area contributed by atoms with Crippen LogP contribution in [0.5, 0.6) is 0 Å². The normalized spacial score (nSPS) is 10.1. The molecule has 3 nitrogen and oxygen atoms in total. The van der Waals surface area contributed by atoms with Gasteiger partial charge in [-0.1, -0.05) is 23.7 Å². The van der Waals surface area contributed by atoms with Crippen molar-refractivity contribution in [1.29, 1.82) is 0 Å². The molecule has 1 heterocycles. The van der Waals surface area contributed by atoms with Gasteiger partial charge in [0.05, 0.1) is 7.11 Å². The van der Waals surface area contributed by atoms with Gasteiger partial charge < -0.3 is 9.72 Å². The average molecular weight is 236 g/mol. The van der Waals surface area contributed by atoms with E-state index in [0.29, 0.717) is 10.7 Å². The van der Waals surface area contributed by atoms with E-state index >= 15 is 0 Å². The number of carbonyl (C=O) groups is 1. The third-order valence-electron chi connectivity index (χ3n) is 2.25. The molecule has 0 atom stereocenters. The Morgan fingerprint density at radius 2 is 2.12 bits per heavy atom. The van der Waals surface area contributed by atoms with Crippen LogP contribution in [0.2, 0.25) is 5.02 Å². The number of nitrogens with one attached hydrogen (secondary N) is 1. The fourth-order valence-electron chi connectivity index (χ4n) is 1.46. The number of halogens is 1. The predicted octanol–water partition coefficient (Wildman–Crippen LogP) is 3.12. The highest BCUT2D eigenvalue weighted by Crippen LogP contribution is 2.23. The Morgan fingerprint density at radius 1 is 1.31 bits per heavy atom. The standard InChI is InChI=1S/C12H10ClNO2/c1-16-12(15)11-6-9(7-14-11)8-3-2-4-10(13)5-8/h2-7,14H,1H3. The lowest BCUT2D eigenvalue weighted by Gasteiger charge is -1.97. The van der Waals surface area contributed by atoms with Crippen LogP contribution in [0.25, 0.3) is 11.1 Å². The maximum Gasteiger partial charge on any atom is 0.354 e. The number of methoxy groups -OCH3 is 1. The number of carbonyl (C=O) groups excluding carboxylic acids is 1. The van der Waals surface area contributed by atoms with Crippen molar-refractivity contribution in [3.8, 4) is 11.1 Å². The zero-order chi connectivity index (χ0) is 11.5. The maximum absolute atomic E-state index is 11.2. The molecule has 4 heteroatoms. The lowest BCUT2D eigenvalue weighted by molar-refractivity contribution is 0.0595. The number of benzene rings is 1. The van der Waals surface area contributed by atoms with Gasteiger partial charge in [0, 0.05) is 16.8 Å². The number of aromatic amines is 1. The molecule has 0 unspecified atom stereocenters. The number of hydrogen-bond acceptors (Lipinski definition) is 2. The first kappa shape index (κ1) is 10.8. The molecule has 16 heavy (non-hydrogen) atoms. The highest BCUT2D eigenvalue weighted by molar-refractivity contribution is 6.30. The minimum atomic E-state index is -0.381. The lowest BCUT2D eigenvalue weighted by Crippen LogP contribution is -2.00. The Hall–Kier alpha value is -1.74. The molecule has 0 radical (unpaired) electrons. The monoisotopic (exact) mass is 235 g/mol. The van der Waals surface area contributed by atoms with Crippen molar-refractivity contribution in [2.75, 3.05) is 7.11 Å². The van der Waals surface area contributed by atoms with Gasteiger partial charge in [-0.2, -0.15) is 0 Å². The first-order chi connectivity index (χ1) is 7.70. The largest absolute Gasteiger partial charge is 0.464 e.